The Morgan fingerprint density at radius 1 is 1.00 bits per heavy atom. The molecule has 0 radical (unpaired) electrons. The first kappa shape index (κ1) is 19.5. The van der Waals surface area contributed by atoms with Crippen LogP contribution in [-0.4, -0.2) is 27.1 Å². The maximum atomic E-state index is 5.83. The number of benzene rings is 2. The smallest absolute Gasteiger partial charge is 0.191 e. The van der Waals surface area contributed by atoms with Gasteiger partial charge >= 0.3 is 0 Å². The van der Waals surface area contributed by atoms with Gasteiger partial charge in [-0.25, -0.2) is 0 Å². The summed E-state index contributed by atoms with van der Waals surface area (Å²) in [7, 11) is 0. The SMILES string of the molecule is Cc1ccc(OCCSc2nnc(Cc3ccccc3)n2CC(C)C)cc1. The first-order valence-electron chi connectivity index (χ1n) is 9.40. The normalized spacial score (nSPS) is 11.1. The minimum Gasteiger partial charge on any atom is -0.493 e. The standard InChI is InChI=1S/C22H27N3OS/c1-17(2)16-25-21(15-19-7-5-4-6-8-19)23-24-22(25)27-14-13-26-20-11-9-18(3)10-12-20/h4-12,17H,13-16H2,1-3H3. The van der Waals surface area contributed by atoms with Crippen LogP contribution in [-0.2, 0) is 13.0 Å². The Morgan fingerprint density at radius 2 is 1.74 bits per heavy atom. The Morgan fingerprint density at radius 3 is 2.44 bits per heavy atom. The molecule has 0 atom stereocenters. The summed E-state index contributed by atoms with van der Waals surface area (Å²) in [6, 6.07) is 18.6. The molecule has 0 N–H and O–H groups in total. The van der Waals surface area contributed by atoms with Gasteiger partial charge in [0.1, 0.15) is 11.6 Å². The molecule has 2 aromatic carbocycles. The number of nitrogens with zero attached hydrogens (tertiary/aromatic N) is 3. The van der Waals surface area contributed by atoms with Gasteiger partial charge in [0.15, 0.2) is 5.16 Å². The third kappa shape index (κ3) is 5.86. The summed E-state index contributed by atoms with van der Waals surface area (Å²) in [5.41, 5.74) is 2.50. The van der Waals surface area contributed by atoms with E-state index in [1.54, 1.807) is 11.8 Å². The molecule has 0 aliphatic carbocycles. The molecular weight excluding hydrogens is 354 g/mol. The Balaban J connectivity index is 1.61. The van der Waals surface area contributed by atoms with E-state index in [1.807, 2.05) is 18.2 Å². The predicted octanol–water partition coefficient (Wildman–Crippen LogP) is 5.00. The number of aryl methyl sites for hydroxylation is 1. The highest BCUT2D eigenvalue weighted by atomic mass is 32.2. The largest absolute Gasteiger partial charge is 0.493 e. The average Bonchev–Trinajstić information content (AvgIpc) is 3.02. The van der Waals surface area contributed by atoms with E-state index in [-0.39, 0.29) is 0 Å². The molecule has 3 rings (SSSR count). The Labute approximate surface area is 166 Å². The molecule has 27 heavy (non-hydrogen) atoms. The first-order valence-corrected chi connectivity index (χ1v) is 10.4. The molecule has 0 spiro atoms. The van der Waals surface area contributed by atoms with Crippen molar-refractivity contribution in [1.82, 2.24) is 14.8 Å². The van der Waals surface area contributed by atoms with Crippen LogP contribution in [0.2, 0.25) is 0 Å². The fourth-order valence-electron chi connectivity index (χ4n) is 2.81. The highest BCUT2D eigenvalue weighted by Crippen LogP contribution is 2.21. The maximum Gasteiger partial charge on any atom is 0.191 e. The van der Waals surface area contributed by atoms with Crippen molar-refractivity contribution < 1.29 is 4.74 Å². The van der Waals surface area contributed by atoms with Gasteiger partial charge in [0.2, 0.25) is 0 Å². The first-order chi connectivity index (χ1) is 13.1. The second-order valence-electron chi connectivity index (χ2n) is 7.08. The van der Waals surface area contributed by atoms with Gasteiger partial charge in [0.25, 0.3) is 0 Å². The summed E-state index contributed by atoms with van der Waals surface area (Å²) in [5, 5.41) is 9.88. The van der Waals surface area contributed by atoms with Crippen LogP contribution in [0, 0.1) is 12.8 Å². The zero-order chi connectivity index (χ0) is 19.1. The molecule has 0 saturated carbocycles. The van der Waals surface area contributed by atoms with Gasteiger partial charge < -0.3 is 9.30 Å². The van der Waals surface area contributed by atoms with E-state index in [0.29, 0.717) is 12.5 Å². The number of hydrogen-bond acceptors (Lipinski definition) is 4. The van der Waals surface area contributed by atoms with Crippen molar-refractivity contribution in [2.75, 3.05) is 12.4 Å². The van der Waals surface area contributed by atoms with E-state index < -0.39 is 0 Å². The van der Waals surface area contributed by atoms with E-state index in [4.69, 9.17) is 4.74 Å². The van der Waals surface area contributed by atoms with Crippen LogP contribution in [0.1, 0.15) is 30.8 Å². The monoisotopic (exact) mass is 381 g/mol. The third-order valence-electron chi connectivity index (χ3n) is 4.15. The van der Waals surface area contributed by atoms with Gasteiger partial charge in [-0.2, -0.15) is 0 Å². The zero-order valence-corrected chi connectivity index (χ0v) is 17.1. The van der Waals surface area contributed by atoms with Crippen molar-refractivity contribution in [2.24, 2.45) is 5.92 Å². The van der Waals surface area contributed by atoms with Gasteiger partial charge in [-0.1, -0.05) is 73.6 Å². The lowest BCUT2D eigenvalue weighted by molar-refractivity contribution is 0.343. The summed E-state index contributed by atoms with van der Waals surface area (Å²) >= 11 is 1.71. The fraction of sp³-hybridized carbons (Fsp3) is 0.364. The maximum absolute atomic E-state index is 5.83. The summed E-state index contributed by atoms with van der Waals surface area (Å²) in [6.07, 6.45) is 0.807. The van der Waals surface area contributed by atoms with Crippen LogP contribution in [0.15, 0.2) is 59.8 Å². The van der Waals surface area contributed by atoms with Crippen molar-refractivity contribution in [2.45, 2.75) is 38.9 Å². The molecule has 4 nitrogen and oxygen atoms in total. The molecular formula is C22H27N3OS. The molecule has 0 amide bonds. The number of aromatic nitrogens is 3. The Kier molecular flexibility index (Phi) is 6.93. The quantitative estimate of drug-likeness (QED) is 0.386. The summed E-state index contributed by atoms with van der Waals surface area (Å²) < 4.78 is 8.09. The molecule has 3 aromatic rings. The Bertz CT molecular complexity index is 829. The molecule has 0 saturated heterocycles. The lowest BCUT2D eigenvalue weighted by Crippen LogP contribution is -2.11. The molecule has 0 unspecified atom stereocenters. The van der Waals surface area contributed by atoms with E-state index in [2.05, 4.69) is 71.9 Å². The van der Waals surface area contributed by atoms with E-state index in [1.165, 1.54) is 11.1 Å². The van der Waals surface area contributed by atoms with Crippen molar-refractivity contribution in [3.63, 3.8) is 0 Å². The lowest BCUT2D eigenvalue weighted by Gasteiger charge is -2.13. The number of hydrogen-bond donors (Lipinski definition) is 0. The van der Waals surface area contributed by atoms with Crippen LogP contribution in [0.4, 0.5) is 0 Å². The van der Waals surface area contributed by atoms with Gasteiger partial charge in [0.05, 0.1) is 6.61 Å². The van der Waals surface area contributed by atoms with Gasteiger partial charge in [0, 0.05) is 18.7 Å². The summed E-state index contributed by atoms with van der Waals surface area (Å²) in [6.45, 7) is 8.10. The van der Waals surface area contributed by atoms with Crippen LogP contribution in [0.3, 0.4) is 0 Å². The summed E-state index contributed by atoms with van der Waals surface area (Å²) in [5.74, 6) is 3.32. The molecule has 1 heterocycles. The van der Waals surface area contributed by atoms with Crippen molar-refractivity contribution in [1.29, 1.82) is 0 Å². The van der Waals surface area contributed by atoms with E-state index in [9.17, 15) is 0 Å². The Hall–Kier alpha value is -2.27. The van der Waals surface area contributed by atoms with Gasteiger partial charge in [-0.05, 0) is 30.5 Å². The van der Waals surface area contributed by atoms with Crippen LogP contribution in [0.25, 0.3) is 0 Å². The predicted molar refractivity (Wildman–Crippen MR) is 112 cm³/mol. The second-order valence-corrected chi connectivity index (χ2v) is 8.14. The zero-order valence-electron chi connectivity index (χ0n) is 16.3. The minimum absolute atomic E-state index is 0.540. The number of rotatable bonds is 9. The van der Waals surface area contributed by atoms with E-state index >= 15 is 0 Å². The average molecular weight is 382 g/mol. The molecule has 0 bridgehead atoms. The molecule has 0 aliphatic heterocycles. The second kappa shape index (κ2) is 9.60. The topological polar surface area (TPSA) is 39.9 Å². The molecule has 142 valence electrons. The third-order valence-corrected chi connectivity index (χ3v) is 5.08. The van der Waals surface area contributed by atoms with Crippen LogP contribution in [0.5, 0.6) is 5.75 Å². The summed E-state index contributed by atoms with van der Waals surface area (Å²) in [4.78, 5) is 0. The van der Waals surface area contributed by atoms with Crippen molar-refractivity contribution >= 4 is 11.8 Å². The van der Waals surface area contributed by atoms with Crippen molar-refractivity contribution in [3.8, 4) is 5.75 Å². The minimum atomic E-state index is 0.540. The highest BCUT2D eigenvalue weighted by Gasteiger charge is 2.14. The van der Waals surface area contributed by atoms with Gasteiger partial charge in [-0.15, -0.1) is 10.2 Å². The van der Waals surface area contributed by atoms with E-state index in [0.717, 1.165) is 35.4 Å². The number of ether oxygens (including phenoxy) is 1. The van der Waals surface area contributed by atoms with Crippen molar-refractivity contribution in [3.05, 3.63) is 71.5 Å². The number of thioether (sulfide) groups is 1. The van der Waals surface area contributed by atoms with Gasteiger partial charge in [-0.3, -0.25) is 0 Å². The molecule has 0 aliphatic rings. The molecule has 1 aromatic heterocycles. The highest BCUT2D eigenvalue weighted by molar-refractivity contribution is 7.99. The fourth-order valence-corrected chi connectivity index (χ4v) is 3.59. The molecule has 5 heteroatoms. The van der Waals surface area contributed by atoms with Crippen LogP contribution < -0.4 is 4.74 Å². The lowest BCUT2D eigenvalue weighted by atomic mass is 10.1. The van der Waals surface area contributed by atoms with Crippen LogP contribution >= 0.6 is 11.8 Å². The molecule has 0 fully saturated rings.